The standard InChI is InChI=1S/C33H52.C8H10.C2H4/c1-8-10-11-12-13-14-31(29-22-25(3)21-26(4)23-29)33(19-20-33)24-27(5)28-15-17-30(18-16-28)32(6,7)9-2;1-7-3-5-8(2)6-4-7;1-2/h8,21-23,28,30-31H,1,5,9-20,24H2,2-4,6-7H3;3-6H,1-2H3;1-2H2. The van der Waals surface area contributed by atoms with Crippen LogP contribution >= 0.6 is 0 Å². The number of hydrogen-bond acceptors (Lipinski definition) is 0. The molecule has 0 heterocycles. The minimum absolute atomic E-state index is 0.481. The molecule has 0 bridgehead atoms. The van der Waals surface area contributed by atoms with Gasteiger partial charge in [0.2, 0.25) is 0 Å². The van der Waals surface area contributed by atoms with Crippen LogP contribution in [-0.2, 0) is 0 Å². The van der Waals surface area contributed by atoms with Crippen LogP contribution in [0.1, 0.15) is 138 Å². The van der Waals surface area contributed by atoms with E-state index in [1.807, 2.05) is 0 Å². The molecule has 0 aliphatic heterocycles. The molecule has 0 N–H and O–H groups in total. The molecule has 43 heavy (non-hydrogen) atoms. The number of unbranched alkanes of at least 4 members (excludes halogenated alkanes) is 3. The topological polar surface area (TPSA) is 0 Å². The summed E-state index contributed by atoms with van der Waals surface area (Å²) in [6.45, 7) is 30.7. The van der Waals surface area contributed by atoms with Gasteiger partial charge in [0, 0.05) is 0 Å². The molecular weight excluding hydrogens is 516 g/mol. The normalized spacial score (nSPS) is 19.6. The lowest BCUT2D eigenvalue weighted by atomic mass is 9.65. The predicted molar refractivity (Wildman–Crippen MR) is 194 cm³/mol. The molecule has 0 aromatic heterocycles. The van der Waals surface area contributed by atoms with E-state index in [1.54, 1.807) is 11.1 Å². The summed E-state index contributed by atoms with van der Waals surface area (Å²) in [6.07, 6.45) is 19.5. The Bertz CT molecular complexity index is 1060. The lowest BCUT2D eigenvalue weighted by molar-refractivity contribution is 0.134. The Balaban J connectivity index is 0.000000550. The van der Waals surface area contributed by atoms with Crippen molar-refractivity contribution in [1.29, 1.82) is 0 Å². The van der Waals surface area contributed by atoms with Gasteiger partial charge >= 0.3 is 0 Å². The predicted octanol–water partition coefficient (Wildman–Crippen LogP) is 13.6. The van der Waals surface area contributed by atoms with E-state index < -0.39 is 0 Å². The van der Waals surface area contributed by atoms with Crippen LogP contribution in [-0.4, -0.2) is 0 Å². The van der Waals surface area contributed by atoms with Crippen molar-refractivity contribution >= 4 is 0 Å². The third kappa shape index (κ3) is 11.6. The average Bonchev–Trinajstić information content (AvgIpc) is 3.77. The summed E-state index contributed by atoms with van der Waals surface area (Å²) in [7, 11) is 0. The molecule has 0 heteroatoms. The first-order valence-corrected chi connectivity index (χ1v) is 17.4. The molecule has 1 atom stereocenters. The highest BCUT2D eigenvalue weighted by Crippen LogP contribution is 2.62. The van der Waals surface area contributed by atoms with Crippen LogP contribution in [0.15, 0.2) is 80.4 Å². The first-order chi connectivity index (χ1) is 20.5. The first kappa shape index (κ1) is 36.8. The maximum Gasteiger partial charge on any atom is -0.0102 e. The maximum atomic E-state index is 4.73. The van der Waals surface area contributed by atoms with Gasteiger partial charge < -0.3 is 0 Å². The molecule has 2 saturated carbocycles. The van der Waals surface area contributed by atoms with Gasteiger partial charge in [-0.05, 0) is 126 Å². The Morgan fingerprint density at radius 1 is 0.837 bits per heavy atom. The van der Waals surface area contributed by atoms with Crippen LogP contribution in [0, 0.1) is 50.4 Å². The fourth-order valence-electron chi connectivity index (χ4n) is 7.47. The van der Waals surface area contributed by atoms with E-state index in [0.29, 0.717) is 16.7 Å². The molecule has 2 aliphatic rings. The van der Waals surface area contributed by atoms with Crippen LogP contribution in [0.5, 0.6) is 0 Å². The zero-order valence-corrected chi connectivity index (χ0v) is 29.4. The molecule has 0 radical (unpaired) electrons. The number of benzene rings is 2. The molecule has 2 aliphatic carbocycles. The van der Waals surface area contributed by atoms with Gasteiger partial charge in [0.1, 0.15) is 0 Å². The number of aryl methyl sites for hydroxylation is 4. The highest BCUT2D eigenvalue weighted by atomic mass is 14.5. The highest BCUT2D eigenvalue weighted by molar-refractivity contribution is 5.34. The molecule has 4 rings (SSSR count). The van der Waals surface area contributed by atoms with Gasteiger partial charge in [0.15, 0.2) is 0 Å². The van der Waals surface area contributed by atoms with Crippen molar-refractivity contribution < 1.29 is 0 Å². The minimum Gasteiger partial charge on any atom is -0.106 e. The van der Waals surface area contributed by atoms with Gasteiger partial charge in [-0.3, -0.25) is 0 Å². The van der Waals surface area contributed by atoms with E-state index in [0.717, 1.165) is 18.3 Å². The van der Waals surface area contributed by atoms with Crippen molar-refractivity contribution in [2.24, 2.45) is 22.7 Å². The van der Waals surface area contributed by atoms with Crippen molar-refractivity contribution in [3.63, 3.8) is 0 Å². The third-order valence-corrected chi connectivity index (χ3v) is 10.8. The van der Waals surface area contributed by atoms with E-state index in [4.69, 9.17) is 6.58 Å². The Morgan fingerprint density at radius 2 is 1.37 bits per heavy atom. The fourth-order valence-corrected chi connectivity index (χ4v) is 7.47. The van der Waals surface area contributed by atoms with Crippen molar-refractivity contribution in [2.45, 2.75) is 138 Å². The van der Waals surface area contributed by atoms with Crippen molar-refractivity contribution in [1.82, 2.24) is 0 Å². The molecule has 0 nitrogen and oxygen atoms in total. The van der Waals surface area contributed by atoms with Gasteiger partial charge in [-0.15, -0.1) is 19.7 Å². The summed E-state index contributed by atoms with van der Waals surface area (Å²) in [4.78, 5) is 0. The van der Waals surface area contributed by atoms with Crippen molar-refractivity contribution in [3.8, 4) is 0 Å². The summed E-state index contributed by atoms with van der Waals surface area (Å²) < 4.78 is 0. The molecule has 238 valence electrons. The fraction of sp³-hybridized carbons (Fsp3) is 0.581. The Labute approximate surface area is 268 Å². The van der Waals surface area contributed by atoms with E-state index in [2.05, 4.69) is 117 Å². The quantitative estimate of drug-likeness (QED) is 0.163. The van der Waals surface area contributed by atoms with E-state index >= 15 is 0 Å². The Hall–Kier alpha value is -2.34. The van der Waals surface area contributed by atoms with Crippen LogP contribution in [0.3, 0.4) is 0 Å². The first-order valence-electron chi connectivity index (χ1n) is 17.4. The van der Waals surface area contributed by atoms with Gasteiger partial charge in [-0.25, -0.2) is 0 Å². The largest absolute Gasteiger partial charge is 0.106 e. The summed E-state index contributed by atoms with van der Waals surface area (Å²) in [5, 5.41) is 0. The summed E-state index contributed by atoms with van der Waals surface area (Å²) in [5.41, 5.74) is 9.68. The molecule has 1 unspecified atom stereocenters. The lowest BCUT2D eigenvalue weighted by Crippen LogP contribution is -2.29. The van der Waals surface area contributed by atoms with E-state index in [-0.39, 0.29) is 0 Å². The van der Waals surface area contributed by atoms with Crippen molar-refractivity contribution in [2.75, 3.05) is 0 Å². The number of allylic oxidation sites excluding steroid dienone is 2. The van der Waals surface area contributed by atoms with Crippen LogP contribution in [0.25, 0.3) is 0 Å². The SMILES string of the molecule is C=C.C=CCCCCCC(c1cc(C)cc(C)c1)C1(CC(=C)C2CCC(C(C)(C)CC)CC2)CC1.Cc1ccc(C)cc1. The lowest BCUT2D eigenvalue weighted by Gasteiger charge is -2.40. The second-order valence-electron chi connectivity index (χ2n) is 14.6. The molecule has 0 spiro atoms. The summed E-state index contributed by atoms with van der Waals surface area (Å²) in [6, 6.07) is 15.8. The Kier molecular flexibility index (Phi) is 15.3. The van der Waals surface area contributed by atoms with E-state index in [9.17, 15) is 0 Å². The number of hydrogen-bond donors (Lipinski definition) is 0. The zero-order chi connectivity index (χ0) is 32.0. The smallest absolute Gasteiger partial charge is 0.0102 e. The second-order valence-corrected chi connectivity index (χ2v) is 14.6. The van der Waals surface area contributed by atoms with Gasteiger partial charge in [-0.1, -0.05) is 123 Å². The minimum atomic E-state index is 0.481. The van der Waals surface area contributed by atoms with Gasteiger partial charge in [0.05, 0.1) is 0 Å². The van der Waals surface area contributed by atoms with Crippen LogP contribution in [0.4, 0.5) is 0 Å². The van der Waals surface area contributed by atoms with Crippen LogP contribution in [0.2, 0.25) is 0 Å². The molecule has 2 fully saturated rings. The van der Waals surface area contributed by atoms with Gasteiger partial charge in [0.25, 0.3) is 0 Å². The summed E-state index contributed by atoms with van der Waals surface area (Å²) in [5.74, 6) is 2.37. The molecule has 2 aromatic rings. The highest BCUT2D eigenvalue weighted by Gasteiger charge is 2.50. The zero-order valence-electron chi connectivity index (χ0n) is 29.4. The molecule has 0 saturated heterocycles. The average molecular weight is 583 g/mol. The van der Waals surface area contributed by atoms with Gasteiger partial charge in [-0.2, -0.15) is 0 Å². The summed E-state index contributed by atoms with van der Waals surface area (Å²) >= 11 is 0. The molecule has 2 aromatic carbocycles. The van der Waals surface area contributed by atoms with Crippen molar-refractivity contribution in [3.05, 3.63) is 108 Å². The van der Waals surface area contributed by atoms with E-state index in [1.165, 1.54) is 99.3 Å². The maximum absolute atomic E-state index is 4.73. The second kappa shape index (κ2) is 17.8. The third-order valence-electron chi connectivity index (χ3n) is 10.8. The number of rotatable bonds is 13. The monoisotopic (exact) mass is 583 g/mol. The van der Waals surface area contributed by atoms with Crippen LogP contribution < -0.4 is 0 Å². The Morgan fingerprint density at radius 3 is 1.84 bits per heavy atom. The molecular formula is C43H66. The molecule has 0 amide bonds.